The van der Waals surface area contributed by atoms with Gasteiger partial charge >= 0.3 is 0 Å². The average Bonchev–Trinajstić information content (AvgIpc) is 3.08. The summed E-state index contributed by atoms with van der Waals surface area (Å²) in [5.74, 6) is -25.9. The smallest absolute Gasteiger partial charge is 0.256 e. The number of nitrogens with zero attached hydrogens (tertiary/aromatic N) is 2. The van der Waals surface area contributed by atoms with Crippen molar-refractivity contribution in [1.82, 2.24) is 0 Å². The molecule has 0 radical (unpaired) electrons. The van der Waals surface area contributed by atoms with Crippen LogP contribution in [0, 0.1) is 0 Å². The molecule has 0 saturated heterocycles. The Hall–Kier alpha value is -1.54. The number of hydrogen-bond acceptors (Lipinski definition) is 4. The number of rotatable bonds is 16. The first-order chi connectivity index (χ1) is 23.4. The fourth-order valence-corrected chi connectivity index (χ4v) is 6.32. The van der Waals surface area contributed by atoms with Crippen molar-refractivity contribution in [3.05, 3.63) is 46.6 Å². The molecule has 2 aliphatic rings. The lowest BCUT2D eigenvalue weighted by Crippen LogP contribution is -3.00. The minimum absolute atomic E-state index is 0. The molecule has 0 aromatic rings. The van der Waals surface area contributed by atoms with Crippen molar-refractivity contribution in [3.63, 3.8) is 0 Å². The van der Waals surface area contributed by atoms with Crippen LogP contribution in [0.1, 0.15) is 107 Å². The second kappa shape index (κ2) is 29.8. The van der Waals surface area contributed by atoms with E-state index < -0.39 is 69.7 Å². The third kappa shape index (κ3) is 17.7. The van der Waals surface area contributed by atoms with Crippen LogP contribution in [0.3, 0.4) is 0 Å². The fourth-order valence-electron chi connectivity index (χ4n) is 6.32. The third-order valence-corrected chi connectivity index (χ3v) is 7.95. The largest absolute Gasteiger partial charge is 1.00 e. The number of halogens is 10. The van der Waals surface area contributed by atoms with E-state index in [1.165, 1.54) is 113 Å². The van der Waals surface area contributed by atoms with Gasteiger partial charge in [0.2, 0.25) is 46.6 Å². The number of ketones is 4. The Kier molecular flexibility index (Phi) is 32.7. The van der Waals surface area contributed by atoms with Crippen molar-refractivity contribution in [3.8, 4) is 0 Å². The second-order valence-corrected chi connectivity index (χ2v) is 12.3. The summed E-state index contributed by atoms with van der Waals surface area (Å²) in [6.45, 7) is 29.6. The molecule has 0 aromatic carbocycles. The summed E-state index contributed by atoms with van der Waals surface area (Å²) in [4.78, 5) is 40.8. The van der Waals surface area contributed by atoms with Crippen LogP contribution in [0.25, 0.3) is 0 Å². The molecule has 0 unspecified atom stereocenters. The molecule has 0 saturated carbocycles. The van der Waals surface area contributed by atoms with Crippen LogP contribution in [0.5, 0.6) is 0 Å². The van der Waals surface area contributed by atoms with Gasteiger partial charge in [0.05, 0.1) is 52.4 Å². The average molecular weight is 987 g/mol. The number of Topliss-reactive ketones (excluding diaryl/α,β-unsaturated/α-hetero) is 4. The van der Waals surface area contributed by atoms with E-state index in [1.807, 2.05) is 0 Å². The van der Waals surface area contributed by atoms with E-state index in [0.717, 1.165) is 0 Å². The molecule has 0 spiro atoms. The molecule has 0 aromatic heterocycles. The first-order valence-electron chi connectivity index (χ1n) is 17.5. The fraction of sp³-hybridized carbons (Fsp3) is 0.667. The van der Waals surface area contributed by atoms with Crippen molar-refractivity contribution in [2.75, 3.05) is 52.4 Å². The van der Waals surface area contributed by atoms with Crippen molar-refractivity contribution in [1.29, 1.82) is 0 Å². The molecule has 52 heavy (non-hydrogen) atoms. The summed E-state index contributed by atoms with van der Waals surface area (Å²) in [5, 5.41) is 0. The Morgan fingerprint density at radius 2 is 0.385 bits per heavy atom. The van der Waals surface area contributed by atoms with Gasteiger partial charge in [0.25, 0.3) is 23.1 Å². The predicted octanol–water partition coefficient (Wildman–Crippen LogP) is 3.77. The highest BCUT2D eigenvalue weighted by Gasteiger charge is 2.38. The molecule has 2 rings (SSSR count). The van der Waals surface area contributed by atoms with E-state index in [4.69, 9.17) is 0 Å². The number of allylic oxidation sites excluding steroid dienone is 8. The highest BCUT2D eigenvalue weighted by Crippen LogP contribution is 2.28. The maximum absolute atomic E-state index is 12.1. The number of carbonyl (C=O) groups is 4. The van der Waals surface area contributed by atoms with Crippen LogP contribution < -0.4 is 48.0 Å². The van der Waals surface area contributed by atoms with Crippen LogP contribution >= 0.6 is 0 Å². The Morgan fingerprint density at radius 1 is 0.288 bits per heavy atom. The number of quaternary nitrogens is 2. The molecular formula is C36H56F8I2N2O4. The van der Waals surface area contributed by atoms with Crippen LogP contribution in [0.4, 0.5) is 35.1 Å². The van der Waals surface area contributed by atoms with Crippen LogP contribution in [0.15, 0.2) is 46.6 Å². The third-order valence-electron chi connectivity index (χ3n) is 7.95. The SMILES string of the molecule is CCC[N+](CCC)(CCC)CCC.CCC[N+](CCC)(CCC)CCC.O=C1C(F)=C(F)C(=O)C(F)=C1F.O=C1C(F)=C(F)C(=O)C(F)=C1F.[I-].[I-]. The molecule has 0 heterocycles. The predicted molar refractivity (Wildman–Crippen MR) is 179 cm³/mol. The van der Waals surface area contributed by atoms with Gasteiger partial charge in [0.15, 0.2) is 0 Å². The molecule has 16 heteroatoms. The topological polar surface area (TPSA) is 68.3 Å². The van der Waals surface area contributed by atoms with Crippen LogP contribution in [0.2, 0.25) is 0 Å². The molecule has 6 nitrogen and oxygen atoms in total. The van der Waals surface area contributed by atoms with Gasteiger partial charge in [0.1, 0.15) is 0 Å². The molecule has 0 bridgehead atoms. The van der Waals surface area contributed by atoms with E-state index in [1.54, 1.807) is 0 Å². The minimum Gasteiger partial charge on any atom is -1.00 e. The summed E-state index contributed by atoms with van der Waals surface area (Å²) in [7, 11) is 0. The van der Waals surface area contributed by atoms with Crippen LogP contribution in [-0.2, 0) is 19.2 Å². The zero-order valence-electron chi connectivity index (χ0n) is 31.6. The maximum atomic E-state index is 12.1. The van der Waals surface area contributed by atoms with E-state index in [0.29, 0.717) is 0 Å². The van der Waals surface area contributed by atoms with Crippen molar-refractivity contribution in [2.45, 2.75) is 107 Å². The monoisotopic (exact) mass is 986 g/mol. The lowest BCUT2D eigenvalue weighted by atomic mass is 10.1. The normalized spacial score (nSPS) is 14.9. The molecule has 0 N–H and O–H groups in total. The summed E-state index contributed by atoms with van der Waals surface area (Å²) in [6, 6.07) is 0. The van der Waals surface area contributed by atoms with E-state index >= 15 is 0 Å². The lowest BCUT2D eigenvalue weighted by Gasteiger charge is -2.38. The molecule has 0 fully saturated rings. The number of hydrogen-bond donors (Lipinski definition) is 0. The summed E-state index contributed by atoms with van der Waals surface area (Å²) in [5.41, 5.74) is 0. The molecule has 304 valence electrons. The first kappa shape index (κ1) is 57.2. The van der Waals surface area contributed by atoms with Gasteiger partial charge in [-0.1, -0.05) is 55.4 Å². The summed E-state index contributed by atoms with van der Waals surface area (Å²) < 4.78 is 99.9. The Bertz CT molecular complexity index is 1010. The van der Waals surface area contributed by atoms with Crippen molar-refractivity contribution in [2.24, 2.45) is 0 Å². The highest BCUT2D eigenvalue weighted by molar-refractivity contribution is 6.22. The van der Waals surface area contributed by atoms with E-state index in [-0.39, 0.29) is 48.0 Å². The van der Waals surface area contributed by atoms with Crippen molar-refractivity contribution >= 4 is 23.1 Å². The van der Waals surface area contributed by atoms with Gasteiger partial charge in [-0.2, -0.15) is 35.1 Å². The van der Waals surface area contributed by atoms with E-state index in [9.17, 15) is 54.3 Å². The summed E-state index contributed by atoms with van der Waals surface area (Å²) >= 11 is 0. The Balaban J connectivity index is -0.000000292. The van der Waals surface area contributed by atoms with Crippen molar-refractivity contribution < 1.29 is 111 Å². The zero-order valence-corrected chi connectivity index (χ0v) is 35.9. The summed E-state index contributed by atoms with van der Waals surface area (Å²) in [6.07, 6.45) is 10.7. The van der Waals surface area contributed by atoms with Gasteiger partial charge in [-0.05, 0) is 51.4 Å². The van der Waals surface area contributed by atoms with Gasteiger partial charge in [0, 0.05) is 0 Å². The van der Waals surface area contributed by atoms with Gasteiger partial charge < -0.3 is 56.9 Å². The molecule has 0 atom stereocenters. The molecular weight excluding hydrogens is 930 g/mol. The number of carbonyl (C=O) groups excluding carboxylic acids is 4. The molecule has 2 aliphatic carbocycles. The minimum atomic E-state index is -2.20. The van der Waals surface area contributed by atoms with Gasteiger partial charge in [-0.15, -0.1) is 0 Å². The standard InChI is InChI=1S/2C12H28N.2C6F4O2.2HI/c2*1-5-9-13(10-6-2,11-7-3)12-8-4;2*7-1-2(8)6(12)4(10)3(9)5(1)11;;/h2*5-12H2,1-4H3;;;2*1H/q2*+1;;;;/p-2. The lowest BCUT2D eigenvalue weighted by molar-refractivity contribution is -0.928. The van der Waals surface area contributed by atoms with E-state index in [2.05, 4.69) is 55.4 Å². The maximum Gasteiger partial charge on any atom is 0.256 e. The first-order valence-corrected chi connectivity index (χ1v) is 17.5. The zero-order chi connectivity index (χ0) is 39.2. The van der Waals surface area contributed by atoms with Gasteiger partial charge in [-0.3, -0.25) is 19.2 Å². The molecule has 0 aliphatic heterocycles. The highest BCUT2D eigenvalue weighted by atomic mass is 127. The Morgan fingerprint density at radius 3 is 0.462 bits per heavy atom. The second-order valence-electron chi connectivity index (χ2n) is 12.3. The quantitative estimate of drug-likeness (QED) is 0.102. The van der Waals surface area contributed by atoms with Gasteiger partial charge in [-0.25, -0.2) is 0 Å². The Labute approximate surface area is 338 Å². The molecule has 0 amide bonds. The van der Waals surface area contributed by atoms with Crippen LogP contribution in [-0.4, -0.2) is 84.5 Å².